The van der Waals surface area contributed by atoms with Gasteiger partial charge in [-0.25, -0.2) is 4.98 Å². The monoisotopic (exact) mass is 573 g/mol. The average molecular weight is 574 g/mol. The van der Waals surface area contributed by atoms with Crippen molar-refractivity contribution in [1.29, 1.82) is 0 Å². The lowest BCUT2D eigenvalue weighted by atomic mass is 10.1. The van der Waals surface area contributed by atoms with Crippen LogP contribution in [0.1, 0.15) is 40.0 Å². The number of nitrogens with one attached hydrogen (secondary N) is 1. The number of carbonyl (C=O) groups excluding carboxylic acids is 1. The van der Waals surface area contributed by atoms with E-state index in [1.165, 1.54) is 34.2 Å². The summed E-state index contributed by atoms with van der Waals surface area (Å²) in [6, 6.07) is 26.2. The number of nitrogens with zero attached hydrogens (tertiary/aromatic N) is 4. The Bertz CT molecular complexity index is 1550. The van der Waals surface area contributed by atoms with Gasteiger partial charge in [-0.2, -0.15) is 0 Å². The van der Waals surface area contributed by atoms with Crippen molar-refractivity contribution < 1.29 is 4.79 Å². The third-order valence-electron chi connectivity index (χ3n) is 6.24. The maximum Gasteiger partial charge on any atom is 0.270 e. The van der Waals surface area contributed by atoms with Gasteiger partial charge in [-0.3, -0.25) is 9.36 Å². The second kappa shape index (κ2) is 12.6. The number of thiazole rings is 1. The lowest BCUT2D eigenvalue weighted by Crippen LogP contribution is -2.33. The third-order valence-corrected chi connectivity index (χ3v) is 8.54. The van der Waals surface area contributed by atoms with Crippen molar-refractivity contribution in [3.05, 3.63) is 111 Å². The van der Waals surface area contributed by atoms with Crippen LogP contribution in [0, 0.1) is 6.92 Å². The summed E-state index contributed by atoms with van der Waals surface area (Å²) in [6.07, 6.45) is 1.78. The minimum Gasteiger partial charge on any atom is -0.348 e. The average Bonchev–Trinajstić information content (AvgIpc) is 3.60. The number of aromatic nitrogens is 4. The smallest absolute Gasteiger partial charge is 0.270 e. The molecule has 3 aromatic carbocycles. The first-order valence-electron chi connectivity index (χ1n) is 12.7. The molecule has 1 amide bonds. The van der Waals surface area contributed by atoms with Gasteiger partial charge >= 0.3 is 0 Å². The molecule has 2 heterocycles. The molecule has 0 aliphatic rings. The molecule has 9 heteroatoms. The first-order valence-corrected chi connectivity index (χ1v) is 14.9. The summed E-state index contributed by atoms with van der Waals surface area (Å²) in [4.78, 5) is 17.4. The van der Waals surface area contributed by atoms with E-state index in [4.69, 9.17) is 11.6 Å². The molecule has 0 fully saturated rings. The third kappa shape index (κ3) is 6.76. The fourth-order valence-electron chi connectivity index (χ4n) is 4.11. The Morgan fingerprint density at radius 3 is 2.54 bits per heavy atom. The van der Waals surface area contributed by atoms with Gasteiger partial charge in [-0.05, 0) is 56.5 Å². The molecule has 0 aliphatic carbocycles. The quantitative estimate of drug-likeness (QED) is 0.176. The minimum absolute atomic E-state index is 0.0496. The van der Waals surface area contributed by atoms with E-state index in [-0.39, 0.29) is 11.9 Å². The number of hydrogen-bond acceptors (Lipinski definition) is 6. The van der Waals surface area contributed by atoms with Crippen LogP contribution in [0.25, 0.3) is 17.1 Å². The van der Waals surface area contributed by atoms with E-state index in [0.29, 0.717) is 22.3 Å². The van der Waals surface area contributed by atoms with Crippen LogP contribution < -0.4 is 5.32 Å². The standard InChI is InChI=1S/C30H28ClN5OS2/c1-20-12-16-23(17-13-20)36-28(24-10-6-7-11-25(24)31)34-35-30(36)39-19-27-33-26(18-38-27)29(37)32-21(2)14-15-22-8-4-3-5-9-22/h3-13,16-18,21H,14-15,19H2,1-2H3,(H,32,37). The van der Waals surface area contributed by atoms with E-state index in [1.54, 1.807) is 0 Å². The fraction of sp³-hybridized carbons (Fsp3) is 0.200. The van der Waals surface area contributed by atoms with Crippen molar-refractivity contribution in [3.63, 3.8) is 0 Å². The number of halogens is 1. The zero-order valence-corrected chi connectivity index (χ0v) is 24.1. The van der Waals surface area contributed by atoms with Gasteiger partial charge in [0.25, 0.3) is 5.91 Å². The van der Waals surface area contributed by atoms with Crippen molar-refractivity contribution >= 4 is 40.6 Å². The van der Waals surface area contributed by atoms with Gasteiger partial charge in [0.15, 0.2) is 11.0 Å². The summed E-state index contributed by atoms with van der Waals surface area (Å²) in [5, 5.41) is 16.1. The summed E-state index contributed by atoms with van der Waals surface area (Å²) in [7, 11) is 0. The fourth-order valence-corrected chi connectivity index (χ4v) is 6.08. The topological polar surface area (TPSA) is 72.7 Å². The second-order valence-corrected chi connectivity index (χ2v) is 11.6. The highest BCUT2D eigenvalue weighted by Gasteiger charge is 2.19. The van der Waals surface area contributed by atoms with Crippen molar-refractivity contribution in [2.45, 2.75) is 43.6 Å². The molecule has 6 nitrogen and oxygen atoms in total. The summed E-state index contributed by atoms with van der Waals surface area (Å²) < 4.78 is 2.01. The van der Waals surface area contributed by atoms with E-state index in [2.05, 4.69) is 51.7 Å². The summed E-state index contributed by atoms with van der Waals surface area (Å²) >= 11 is 9.51. The number of carbonyl (C=O) groups is 1. The van der Waals surface area contributed by atoms with E-state index >= 15 is 0 Å². The van der Waals surface area contributed by atoms with Gasteiger partial charge in [0.05, 0.1) is 10.8 Å². The van der Waals surface area contributed by atoms with E-state index in [1.807, 2.05) is 71.5 Å². The molecular formula is C30H28ClN5OS2. The molecule has 0 aliphatic heterocycles. The minimum atomic E-state index is -0.146. The maximum absolute atomic E-state index is 12.8. The number of thioether (sulfide) groups is 1. The van der Waals surface area contributed by atoms with Crippen LogP contribution in [0.2, 0.25) is 5.02 Å². The van der Waals surface area contributed by atoms with Crippen molar-refractivity contribution in [1.82, 2.24) is 25.1 Å². The first-order chi connectivity index (χ1) is 19.0. The van der Waals surface area contributed by atoms with Gasteiger partial charge < -0.3 is 5.32 Å². The zero-order valence-electron chi connectivity index (χ0n) is 21.7. The van der Waals surface area contributed by atoms with Crippen LogP contribution in [-0.2, 0) is 12.2 Å². The van der Waals surface area contributed by atoms with Crippen LogP contribution in [0.4, 0.5) is 0 Å². The van der Waals surface area contributed by atoms with Gasteiger partial charge in [0, 0.05) is 22.7 Å². The highest BCUT2D eigenvalue weighted by atomic mass is 35.5. The number of benzene rings is 3. The Labute approximate surface area is 241 Å². The second-order valence-electron chi connectivity index (χ2n) is 9.27. The van der Waals surface area contributed by atoms with E-state index < -0.39 is 0 Å². The molecule has 39 heavy (non-hydrogen) atoms. The number of amides is 1. The Balaban J connectivity index is 1.27. The molecule has 0 saturated carbocycles. The molecule has 1 N–H and O–H groups in total. The van der Waals surface area contributed by atoms with Gasteiger partial charge in [-0.1, -0.05) is 83.5 Å². The van der Waals surface area contributed by atoms with Crippen LogP contribution in [0.15, 0.2) is 89.4 Å². The van der Waals surface area contributed by atoms with Crippen LogP contribution in [-0.4, -0.2) is 31.7 Å². The lowest BCUT2D eigenvalue weighted by Gasteiger charge is -2.13. The molecule has 0 radical (unpaired) electrons. The summed E-state index contributed by atoms with van der Waals surface area (Å²) in [6.45, 7) is 4.08. The molecule has 0 saturated heterocycles. The molecular weight excluding hydrogens is 546 g/mol. The Morgan fingerprint density at radius 1 is 1.03 bits per heavy atom. The van der Waals surface area contributed by atoms with E-state index in [9.17, 15) is 4.79 Å². The molecule has 5 aromatic rings. The first kappa shape index (κ1) is 27.1. The van der Waals surface area contributed by atoms with E-state index in [0.717, 1.165) is 34.3 Å². The van der Waals surface area contributed by atoms with Crippen molar-refractivity contribution in [2.75, 3.05) is 0 Å². The molecule has 198 valence electrons. The molecule has 2 aromatic heterocycles. The van der Waals surface area contributed by atoms with Crippen molar-refractivity contribution in [2.24, 2.45) is 0 Å². The molecule has 1 unspecified atom stereocenters. The Hall–Kier alpha value is -3.46. The normalized spacial score (nSPS) is 11.9. The SMILES string of the molecule is Cc1ccc(-n2c(SCc3nc(C(=O)NC(C)CCc4ccccc4)cs3)nnc2-c2ccccc2Cl)cc1. The number of aryl methyl sites for hydroxylation is 2. The molecule has 0 bridgehead atoms. The predicted octanol–water partition coefficient (Wildman–Crippen LogP) is 7.40. The molecule has 0 spiro atoms. The maximum atomic E-state index is 12.8. The van der Waals surface area contributed by atoms with Crippen LogP contribution in [0.5, 0.6) is 0 Å². The Kier molecular flexibility index (Phi) is 8.76. The number of hydrogen-bond donors (Lipinski definition) is 1. The largest absolute Gasteiger partial charge is 0.348 e. The van der Waals surface area contributed by atoms with Crippen molar-refractivity contribution in [3.8, 4) is 17.1 Å². The highest BCUT2D eigenvalue weighted by molar-refractivity contribution is 7.98. The van der Waals surface area contributed by atoms with Gasteiger partial charge in [-0.15, -0.1) is 21.5 Å². The molecule has 5 rings (SSSR count). The van der Waals surface area contributed by atoms with Gasteiger partial charge in [0.1, 0.15) is 10.7 Å². The molecule has 1 atom stereocenters. The Morgan fingerprint density at radius 2 is 1.77 bits per heavy atom. The zero-order chi connectivity index (χ0) is 27.2. The van der Waals surface area contributed by atoms with Crippen LogP contribution in [0.3, 0.4) is 0 Å². The predicted molar refractivity (Wildman–Crippen MR) is 160 cm³/mol. The lowest BCUT2D eigenvalue weighted by molar-refractivity contribution is 0.0934. The summed E-state index contributed by atoms with van der Waals surface area (Å²) in [5.74, 6) is 1.09. The summed E-state index contributed by atoms with van der Waals surface area (Å²) in [5.41, 5.74) is 4.64. The van der Waals surface area contributed by atoms with Crippen LogP contribution >= 0.6 is 34.7 Å². The highest BCUT2D eigenvalue weighted by Crippen LogP contribution is 2.33. The van der Waals surface area contributed by atoms with Gasteiger partial charge in [0.2, 0.25) is 0 Å². The number of rotatable bonds is 10.